The molecule has 9 nitrogen and oxygen atoms in total. The first-order valence-electron chi connectivity index (χ1n) is 10.9. The molecule has 1 aliphatic carbocycles. The number of para-hydroxylation sites is 1. The van der Waals surface area contributed by atoms with Gasteiger partial charge in [0.2, 0.25) is 5.91 Å². The summed E-state index contributed by atoms with van der Waals surface area (Å²) in [6.45, 7) is 1.88. The number of rotatable bonds is 8. The Morgan fingerprint density at radius 3 is 2.76 bits per heavy atom. The van der Waals surface area contributed by atoms with Gasteiger partial charge < -0.3 is 15.4 Å². The number of hydrogen-bond donors (Lipinski definition) is 2. The Balaban J connectivity index is 1.21. The number of carbonyl (C=O) groups excluding carboxylic acids is 4. The fourth-order valence-electron chi connectivity index (χ4n) is 4.17. The molecule has 174 valence electrons. The van der Waals surface area contributed by atoms with Crippen LogP contribution in [0.2, 0.25) is 0 Å². The standard InChI is InChI=1S/C23H26N4O5S/c1-15-6-2-3-7-17(15)25-18(28)12-19-24-16(14-33-19)13-32-20(29)8-11-27-21(30)23(26-22(27)31)9-4-5-10-23/h2-3,6-7,14H,4-5,8-13H2,1H3,(H,25,28)(H,26,31). The van der Waals surface area contributed by atoms with Crippen molar-refractivity contribution < 1.29 is 23.9 Å². The quantitative estimate of drug-likeness (QED) is 0.452. The van der Waals surface area contributed by atoms with Gasteiger partial charge in [0.15, 0.2) is 0 Å². The van der Waals surface area contributed by atoms with Crippen molar-refractivity contribution in [3.8, 4) is 0 Å². The topological polar surface area (TPSA) is 118 Å². The molecule has 0 unspecified atom stereocenters. The molecule has 2 heterocycles. The SMILES string of the molecule is Cc1ccccc1NC(=O)Cc1nc(COC(=O)CCN2C(=O)NC3(CCCC3)C2=O)cs1. The summed E-state index contributed by atoms with van der Waals surface area (Å²) in [6, 6.07) is 7.08. The van der Waals surface area contributed by atoms with E-state index in [-0.39, 0.29) is 37.8 Å². The number of thiazole rings is 1. The monoisotopic (exact) mass is 470 g/mol. The van der Waals surface area contributed by atoms with Crippen LogP contribution in [0.4, 0.5) is 10.5 Å². The third kappa shape index (κ3) is 5.22. The zero-order valence-corrected chi connectivity index (χ0v) is 19.2. The Labute approximate surface area is 195 Å². The van der Waals surface area contributed by atoms with Crippen molar-refractivity contribution in [2.24, 2.45) is 0 Å². The van der Waals surface area contributed by atoms with E-state index in [1.165, 1.54) is 11.3 Å². The van der Waals surface area contributed by atoms with Crippen molar-refractivity contribution in [2.45, 2.75) is 57.6 Å². The van der Waals surface area contributed by atoms with Crippen LogP contribution in [0, 0.1) is 6.92 Å². The molecule has 2 aromatic rings. The zero-order chi connectivity index (χ0) is 23.4. The van der Waals surface area contributed by atoms with Gasteiger partial charge in [0.1, 0.15) is 17.2 Å². The summed E-state index contributed by atoms with van der Waals surface area (Å²) >= 11 is 1.32. The Morgan fingerprint density at radius 1 is 1.24 bits per heavy atom. The molecule has 1 spiro atoms. The second-order valence-corrected chi connectivity index (χ2v) is 9.30. The highest BCUT2D eigenvalue weighted by Crippen LogP contribution is 2.35. The van der Waals surface area contributed by atoms with Gasteiger partial charge >= 0.3 is 12.0 Å². The van der Waals surface area contributed by atoms with E-state index in [0.717, 1.165) is 29.0 Å². The minimum absolute atomic E-state index is 0.00730. The van der Waals surface area contributed by atoms with Gasteiger partial charge in [-0.05, 0) is 31.4 Å². The highest BCUT2D eigenvalue weighted by Gasteiger charge is 2.52. The second kappa shape index (κ2) is 9.70. The predicted octanol–water partition coefficient (Wildman–Crippen LogP) is 2.93. The molecule has 0 radical (unpaired) electrons. The molecule has 4 amide bonds. The molecule has 2 N–H and O–H groups in total. The normalized spacial score (nSPS) is 16.8. The third-order valence-electron chi connectivity index (χ3n) is 5.95. The maximum Gasteiger partial charge on any atom is 0.325 e. The number of anilines is 1. The van der Waals surface area contributed by atoms with E-state index >= 15 is 0 Å². The van der Waals surface area contributed by atoms with Gasteiger partial charge in [-0.2, -0.15) is 0 Å². The minimum Gasteiger partial charge on any atom is -0.459 e. The van der Waals surface area contributed by atoms with Crippen LogP contribution in [-0.2, 0) is 32.1 Å². The summed E-state index contributed by atoms with van der Waals surface area (Å²) in [4.78, 5) is 54.6. The number of imide groups is 1. The van der Waals surface area contributed by atoms with Crippen LogP contribution >= 0.6 is 11.3 Å². The summed E-state index contributed by atoms with van der Waals surface area (Å²) in [6.07, 6.45) is 3.16. The lowest BCUT2D eigenvalue weighted by Crippen LogP contribution is -2.44. The van der Waals surface area contributed by atoms with Gasteiger partial charge in [-0.1, -0.05) is 31.0 Å². The van der Waals surface area contributed by atoms with Crippen LogP contribution in [0.3, 0.4) is 0 Å². The molecule has 2 aliphatic rings. The summed E-state index contributed by atoms with van der Waals surface area (Å²) in [5, 5.41) is 8.02. The van der Waals surface area contributed by atoms with Crippen molar-refractivity contribution in [3.63, 3.8) is 0 Å². The van der Waals surface area contributed by atoms with Gasteiger partial charge in [0, 0.05) is 17.6 Å². The molecule has 1 aromatic heterocycles. The lowest BCUT2D eigenvalue weighted by molar-refractivity contribution is -0.145. The average Bonchev–Trinajstić information content (AvgIpc) is 3.48. The molecule has 1 aliphatic heterocycles. The Bertz CT molecular complexity index is 1080. The number of amides is 4. The van der Waals surface area contributed by atoms with E-state index in [0.29, 0.717) is 23.5 Å². The number of benzene rings is 1. The Kier molecular flexibility index (Phi) is 6.73. The van der Waals surface area contributed by atoms with Crippen LogP contribution in [0.15, 0.2) is 29.6 Å². The lowest BCUT2D eigenvalue weighted by Gasteiger charge is -2.19. The highest BCUT2D eigenvalue weighted by molar-refractivity contribution is 7.09. The first-order chi connectivity index (χ1) is 15.9. The molecule has 1 saturated heterocycles. The smallest absolute Gasteiger partial charge is 0.325 e. The number of aryl methyl sites for hydroxylation is 1. The van der Waals surface area contributed by atoms with Gasteiger partial charge in [0.05, 0.1) is 18.5 Å². The number of aromatic nitrogens is 1. The lowest BCUT2D eigenvalue weighted by atomic mass is 9.98. The summed E-state index contributed by atoms with van der Waals surface area (Å²) < 4.78 is 5.24. The Hall–Kier alpha value is -3.27. The molecular formula is C23H26N4O5S. The Morgan fingerprint density at radius 2 is 2.00 bits per heavy atom. The fraction of sp³-hybridized carbons (Fsp3) is 0.435. The molecule has 10 heteroatoms. The van der Waals surface area contributed by atoms with E-state index in [2.05, 4.69) is 15.6 Å². The molecule has 33 heavy (non-hydrogen) atoms. The number of esters is 1. The molecule has 1 saturated carbocycles. The van der Waals surface area contributed by atoms with Crippen molar-refractivity contribution in [1.82, 2.24) is 15.2 Å². The van der Waals surface area contributed by atoms with Gasteiger partial charge in [-0.25, -0.2) is 9.78 Å². The van der Waals surface area contributed by atoms with Crippen molar-refractivity contribution in [3.05, 3.63) is 45.9 Å². The third-order valence-corrected chi connectivity index (χ3v) is 6.85. The summed E-state index contributed by atoms with van der Waals surface area (Å²) in [5.74, 6) is -0.934. The second-order valence-electron chi connectivity index (χ2n) is 8.36. The summed E-state index contributed by atoms with van der Waals surface area (Å²) in [7, 11) is 0. The van der Waals surface area contributed by atoms with E-state index in [9.17, 15) is 19.2 Å². The van der Waals surface area contributed by atoms with Gasteiger partial charge in [-0.3, -0.25) is 19.3 Å². The number of nitrogens with one attached hydrogen (secondary N) is 2. The number of nitrogens with zero attached hydrogens (tertiary/aromatic N) is 2. The molecular weight excluding hydrogens is 444 g/mol. The van der Waals surface area contributed by atoms with Crippen LogP contribution in [0.1, 0.15) is 48.4 Å². The van der Waals surface area contributed by atoms with E-state index < -0.39 is 17.5 Å². The van der Waals surface area contributed by atoms with Crippen molar-refractivity contribution >= 4 is 40.8 Å². The van der Waals surface area contributed by atoms with Crippen LogP contribution < -0.4 is 10.6 Å². The zero-order valence-electron chi connectivity index (χ0n) is 18.4. The number of ether oxygens (including phenoxy) is 1. The fourth-order valence-corrected chi connectivity index (χ4v) is 4.94. The molecule has 0 bridgehead atoms. The van der Waals surface area contributed by atoms with Crippen molar-refractivity contribution in [1.29, 1.82) is 0 Å². The van der Waals surface area contributed by atoms with Gasteiger partial charge in [0.25, 0.3) is 5.91 Å². The number of hydrogen-bond acceptors (Lipinski definition) is 7. The van der Waals surface area contributed by atoms with E-state index in [4.69, 9.17) is 4.74 Å². The number of urea groups is 1. The average molecular weight is 471 g/mol. The molecule has 4 rings (SSSR count). The molecule has 2 fully saturated rings. The number of carbonyl (C=O) groups is 4. The van der Waals surface area contributed by atoms with Crippen molar-refractivity contribution in [2.75, 3.05) is 11.9 Å². The largest absolute Gasteiger partial charge is 0.459 e. The van der Waals surface area contributed by atoms with E-state index in [1.54, 1.807) is 5.38 Å². The van der Waals surface area contributed by atoms with Crippen LogP contribution in [0.5, 0.6) is 0 Å². The predicted molar refractivity (Wildman–Crippen MR) is 121 cm³/mol. The minimum atomic E-state index is -0.774. The van der Waals surface area contributed by atoms with Crippen LogP contribution in [-0.4, -0.2) is 45.8 Å². The molecule has 0 atom stereocenters. The summed E-state index contributed by atoms with van der Waals surface area (Å²) in [5.41, 5.74) is 1.51. The van der Waals surface area contributed by atoms with Crippen LogP contribution in [0.25, 0.3) is 0 Å². The maximum absolute atomic E-state index is 12.6. The first kappa shape index (κ1) is 22.9. The highest BCUT2D eigenvalue weighted by atomic mass is 32.1. The van der Waals surface area contributed by atoms with E-state index in [1.807, 2.05) is 31.2 Å². The maximum atomic E-state index is 12.6. The first-order valence-corrected chi connectivity index (χ1v) is 11.8. The molecule has 1 aromatic carbocycles. The van der Waals surface area contributed by atoms with Gasteiger partial charge in [-0.15, -0.1) is 11.3 Å².